The van der Waals surface area contributed by atoms with Gasteiger partial charge in [0.2, 0.25) is 0 Å². The Balaban J connectivity index is 1.39. The zero-order valence-electron chi connectivity index (χ0n) is 25.4. The molecule has 2 fully saturated rings. The Bertz CT molecular complexity index is 1510. The van der Waals surface area contributed by atoms with E-state index in [0.717, 1.165) is 30.3 Å². The lowest BCUT2D eigenvalue weighted by molar-refractivity contribution is -0.142. The lowest BCUT2D eigenvalue weighted by Crippen LogP contribution is -2.36. The Morgan fingerprint density at radius 2 is 1.89 bits per heavy atom. The van der Waals surface area contributed by atoms with Gasteiger partial charge in [0.15, 0.2) is 5.13 Å². The van der Waals surface area contributed by atoms with Gasteiger partial charge < -0.3 is 14.7 Å². The summed E-state index contributed by atoms with van der Waals surface area (Å²) in [6.45, 7) is 8.46. The largest absolute Gasteiger partial charge is 0.493 e. The number of hydrogen-bond donors (Lipinski definition) is 2. The number of halogens is 3. The summed E-state index contributed by atoms with van der Waals surface area (Å²) in [5.74, 6) is -1.01. The van der Waals surface area contributed by atoms with Crippen molar-refractivity contribution < 1.29 is 32.6 Å². The van der Waals surface area contributed by atoms with Crippen LogP contribution < -0.4 is 15.0 Å². The van der Waals surface area contributed by atoms with Crippen molar-refractivity contribution >= 4 is 34.2 Å². The molecule has 2 aliphatic rings. The third-order valence-electron chi connectivity index (χ3n) is 8.35. The second-order valence-corrected chi connectivity index (χ2v) is 12.8. The van der Waals surface area contributed by atoms with Gasteiger partial charge >= 0.3 is 12.1 Å². The van der Waals surface area contributed by atoms with E-state index >= 15 is 0 Å². The van der Waals surface area contributed by atoms with Crippen molar-refractivity contribution in [1.82, 2.24) is 19.9 Å². The Kier molecular flexibility index (Phi) is 9.92. The van der Waals surface area contributed by atoms with E-state index in [0.29, 0.717) is 55.9 Å². The summed E-state index contributed by atoms with van der Waals surface area (Å²) in [7, 11) is 0. The molecule has 3 aromatic rings. The van der Waals surface area contributed by atoms with Crippen LogP contribution in [-0.2, 0) is 17.5 Å². The third-order valence-corrected chi connectivity index (χ3v) is 9.30. The standard InChI is InChI=1S/C31H37F3N6O4S/c1-4-44-24-8-7-20(14-21(24)31(32,33)34)27-25(17-40-11-5-6-23(40)18(2)3)45-30(37-27)38-28(41)22-15-36-26(16-35-22)39-12-9-19(10-13-39)29(42)43/h7-8,14-16,18-19,23H,4-6,9-13,17H2,1-3H3,(H,42,43)(H,37,38,41)/t23-/m0/s1. The van der Waals surface area contributed by atoms with Crippen LogP contribution in [0.4, 0.5) is 24.1 Å². The first-order valence-electron chi connectivity index (χ1n) is 15.1. The van der Waals surface area contributed by atoms with Gasteiger partial charge in [-0.15, -0.1) is 0 Å². The van der Waals surface area contributed by atoms with Gasteiger partial charge in [0.25, 0.3) is 5.91 Å². The molecule has 2 saturated heterocycles. The minimum atomic E-state index is -4.62. The van der Waals surface area contributed by atoms with Gasteiger partial charge in [0, 0.05) is 36.1 Å². The molecule has 0 spiro atoms. The molecular formula is C31H37F3N6O4S. The molecular weight excluding hydrogens is 609 g/mol. The Morgan fingerprint density at radius 3 is 2.51 bits per heavy atom. The molecule has 1 aromatic carbocycles. The number of benzene rings is 1. The number of carboxylic acids is 1. The van der Waals surface area contributed by atoms with E-state index in [1.165, 1.54) is 29.8 Å². The maximum absolute atomic E-state index is 14.0. The first kappa shape index (κ1) is 32.6. The number of carbonyl (C=O) groups excluding carboxylic acids is 1. The zero-order chi connectivity index (χ0) is 32.3. The normalized spacial score (nSPS) is 18.0. The van der Waals surface area contributed by atoms with E-state index in [1.54, 1.807) is 13.0 Å². The first-order valence-corrected chi connectivity index (χ1v) is 16.0. The summed E-state index contributed by atoms with van der Waals surface area (Å²) in [5, 5.41) is 12.2. The van der Waals surface area contributed by atoms with Crippen LogP contribution in [0.25, 0.3) is 11.3 Å². The number of rotatable bonds is 10. The summed E-state index contributed by atoms with van der Waals surface area (Å²) in [6, 6.07) is 4.28. The number of piperidine rings is 1. The van der Waals surface area contributed by atoms with Gasteiger partial charge in [-0.05, 0) is 63.3 Å². The van der Waals surface area contributed by atoms with E-state index in [9.17, 15) is 27.9 Å². The molecule has 0 unspecified atom stereocenters. The van der Waals surface area contributed by atoms with Crippen molar-refractivity contribution in [3.63, 3.8) is 0 Å². The first-order chi connectivity index (χ1) is 21.4. The minimum absolute atomic E-state index is 0.0531. The molecule has 2 aliphatic heterocycles. The van der Waals surface area contributed by atoms with Crippen molar-refractivity contribution in [3.05, 3.63) is 46.7 Å². The van der Waals surface area contributed by atoms with E-state index in [-0.39, 0.29) is 34.7 Å². The van der Waals surface area contributed by atoms with Gasteiger partial charge in [-0.25, -0.2) is 15.0 Å². The van der Waals surface area contributed by atoms with Gasteiger partial charge in [-0.3, -0.25) is 19.8 Å². The predicted octanol–water partition coefficient (Wildman–Crippen LogP) is 6.19. The third kappa shape index (κ3) is 7.55. The molecule has 1 amide bonds. The number of ether oxygens (including phenoxy) is 1. The number of carboxylic acid groups (broad SMARTS) is 1. The lowest BCUT2D eigenvalue weighted by Gasteiger charge is -2.30. The topological polar surface area (TPSA) is 121 Å². The molecule has 0 aliphatic carbocycles. The quantitative estimate of drug-likeness (QED) is 0.266. The van der Waals surface area contributed by atoms with E-state index in [2.05, 4.69) is 39.0 Å². The minimum Gasteiger partial charge on any atom is -0.493 e. The van der Waals surface area contributed by atoms with Crippen LogP contribution >= 0.6 is 11.3 Å². The molecule has 10 nitrogen and oxygen atoms in total. The number of nitrogens with zero attached hydrogens (tertiary/aromatic N) is 5. The number of likely N-dealkylation sites (tertiary alicyclic amines) is 1. The van der Waals surface area contributed by atoms with E-state index < -0.39 is 23.6 Å². The summed E-state index contributed by atoms with van der Waals surface area (Å²) < 4.78 is 47.2. The molecule has 2 N–H and O–H groups in total. The van der Waals surface area contributed by atoms with Gasteiger partial charge in [-0.2, -0.15) is 13.2 Å². The number of nitrogens with one attached hydrogen (secondary N) is 1. The highest BCUT2D eigenvalue weighted by atomic mass is 32.1. The molecule has 0 bridgehead atoms. The summed E-state index contributed by atoms with van der Waals surface area (Å²) in [5.41, 5.74) is -0.162. The van der Waals surface area contributed by atoms with Gasteiger partial charge in [-0.1, -0.05) is 25.2 Å². The molecule has 242 valence electrons. The number of carbonyl (C=O) groups is 2. The van der Waals surface area contributed by atoms with Crippen molar-refractivity contribution in [1.29, 1.82) is 0 Å². The molecule has 2 aromatic heterocycles. The predicted molar refractivity (Wildman–Crippen MR) is 165 cm³/mol. The zero-order valence-corrected chi connectivity index (χ0v) is 26.2. The molecule has 14 heteroatoms. The van der Waals surface area contributed by atoms with Gasteiger partial charge in [0.1, 0.15) is 17.3 Å². The smallest absolute Gasteiger partial charge is 0.419 e. The average molecular weight is 647 g/mol. The second-order valence-electron chi connectivity index (χ2n) is 11.7. The number of aliphatic carboxylic acids is 1. The highest BCUT2D eigenvalue weighted by Crippen LogP contribution is 2.41. The van der Waals surface area contributed by atoms with Crippen LogP contribution in [0.3, 0.4) is 0 Å². The monoisotopic (exact) mass is 646 g/mol. The summed E-state index contributed by atoms with van der Waals surface area (Å²) in [4.78, 5) is 42.7. The van der Waals surface area contributed by atoms with E-state index in [1.807, 2.05) is 4.90 Å². The highest BCUT2D eigenvalue weighted by Gasteiger charge is 2.36. The average Bonchev–Trinajstić information content (AvgIpc) is 3.64. The number of anilines is 2. The van der Waals surface area contributed by atoms with Crippen molar-refractivity contribution in [2.75, 3.05) is 36.5 Å². The number of hydrogen-bond acceptors (Lipinski definition) is 9. The van der Waals surface area contributed by atoms with Crippen LogP contribution in [-0.4, -0.2) is 69.1 Å². The highest BCUT2D eigenvalue weighted by molar-refractivity contribution is 7.16. The fourth-order valence-corrected chi connectivity index (χ4v) is 7.03. The molecule has 4 heterocycles. The fourth-order valence-electron chi connectivity index (χ4n) is 6.02. The van der Waals surface area contributed by atoms with Crippen LogP contribution in [0.2, 0.25) is 0 Å². The number of thiazole rings is 1. The Hall–Kier alpha value is -3.78. The molecule has 45 heavy (non-hydrogen) atoms. The van der Waals surface area contributed by atoms with Crippen molar-refractivity contribution in [3.8, 4) is 17.0 Å². The Labute approximate surface area is 263 Å². The second kappa shape index (κ2) is 13.7. The van der Waals surface area contributed by atoms with Gasteiger partial charge in [0.05, 0.1) is 36.2 Å². The Morgan fingerprint density at radius 1 is 1.13 bits per heavy atom. The lowest BCUT2D eigenvalue weighted by atomic mass is 9.97. The molecule has 5 rings (SSSR count). The fraction of sp³-hybridized carbons (Fsp3) is 0.516. The number of alkyl halides is 3. The summed E-state index contributed by atoms with van der Waals surface area (Å²) >= 11 is 1.23. The number of aromatic nitrogens is 3. The summed E-state index contributed by atoms with van der Waals surface area (Å²) in [6.07, 6.45) is 1.29. The van der Waals surface area contributed by atoms with Crippen LogP contribution in [0.5, 0.6) is 5.75 Å². The van der Waals surface area contributed by atoms with Crippen molar-refractivity contribution in [2.24, 2.45) is 11.8 Å². The van der Waals surface area contributed by atoms with Crippen molar-refractivity contribution in [2.45, 2.75) is 65.2 Å². The molecule has 0 radical (unpaired) electrons. The van der Waals surface area contributed by atoms with E-state index in [4.69, 9.17) is 4.74 Å². The maximum Gasteiger partial charge on any atom is 0.419 e. The SMILES string of the molecule is CCOc1ccc(-c2nc(NC(=O)c3cnc(N4CCC(C(=O)O)CC4)cn3)sc2CN2CCC[C@H]2C(C)C)cc1C(F)(F)F. The molecule has 0 saturated carbocycles. The van der Waals surface area contributed by atoms with Crippen LogP contribution in [0.1, 0.15) is 67.4 Å². The van der Waals surface area contributed by atoms with Crippen LogP contribution in [0.15, 0.2) is 30.6 Å². The van der Waals surface area contributed by atoms with Crippen LogP contribution in [0, 0.1) is 11.8 Å². The number of amides is 1. The maximum atomic E-state index is 14.0. The molecule has 1 atom stereocenters.